The SMILES string of the molecule is C[C@@H](Sc1nnc(C2CC2)n1C1CC1)C(=O)Nc1cccc(C(F)(F)F)c1. The van der Waals surface area contributed by atoms with Gasteiger partial charge in [0, 0.05) is 17.6 Å². The Kier molecular flexibility index (Phi) is 4.65. The zero-order chi connectivity index (χ0) is 19.2. The summed E-state index contributed by atoms with van der Waals surface area (Å²) in [6.07, 6.45) is -0.00449. The number of alkyl halides is 3. The topological polar surface area (TPSA) is 59.8 Å². The third-order valence-electron chi connectivity index (χ3n) is 4.65. The number of halogens is 3. The molecule has 2 aromatic rings. The van der Waals surface area contributed by atoms with Gasteiger partial charge in [-0.1, -0.05) is 17.8 Å². The molecule has 1 aromatic heterocycles. The van der Waals surface area contributed by atoms with Crippen LogP contribution in [0, 0.1) is 0 Å². The molecule has 0 radical (unpaired) electrons. The number of hydrogen-bond donors (Lipinski definition) is 1. The quantitative estimate of drug-likeness (QED) is 0.724. The molecule has 1 atom stereocenters. The molecule has 1 amide bonds. The summed E-state index contributed by atoms with van der Waals surface area (Å²) in [7, 11) is 0. The summed E-state index contributed by atoms with van der Waals surface area (Å²) < 4.78 is 40.6. The molecular formula is C18H19F3N4OS. The zero-order valence-electron chi connectivity index (χ0n) is 14.7. The van der Waals surface area contributed by atoms with Crippen LogP contribution in [0.4, 0.5) is 18.9 Å². The molecule has 2 aliphatic rings. The number of nitrogens with one attached hydrogen (secondary N) is 1. The van der Waals surface area contributed by atoms with Gasteiger partial charge in [0.2, 0.25) is 5.91 Å². The molecule has 2 aliphatic carbocycles. The van der Waals surface area contributed by atoms with E-state index in [1.165, 1.54) is 23.9 Å². The normalized spacial score (nSPS) is 18.4. The highest BCUT2D eigenvalue weighted by Gasteiger charge is 2.37. The Morgan fingerprint density at radius 1 is 1.26 bits per heavy atom. The number of anilines is 1. The molecule has 0 unspecified atom stereocenters. The zero-order valence-corrected chi connectivity index (χ0v) is 15.5. The fourth-order valence-electron chi connectivity index (χ4n) is 2.89. The van der Waals surface area contributed by atoms with Crippen molar-refractivity contribution in [3.8, 4) is 0 Å². The van der Waals surface area contributed by atoms with E-state index in [1.807, 2.05) is 0 Å². The van der Waals surface area contributed by atoms with E-state index >= 15 is 0 Å². The first-order valence-electron chi connectivity index (χ1n) is 8.92. The summed E-state index contributed by atoms with van der Waals surface area (Å²) in [5.74, 6) is 1.12. The summed E-state index contributed by atoms with van der Waals surface area (Å²) >= 11 is 1.30. The maximum atomic E-state index is 12.8. The number of carbonyl (C=O) groups excluding carboxylic acids is 1. The van der Waals surface area contributed by atoms with Crippen molar-refractivity contribution in [2.75, 3.05) is 5.32 Å². The van der Waals surface area contributed by atoms with Gasteiger partial charge in [0.05, 0.1) is 10.8 Å². The van der Waals surface area contributed by atoms with E-state index in [0.717, 1.165) is 43.6 Å². The summed E-state index contributed by atoms with van der Waals surface area (Å²) in [4.78, 5) is 12.5. The van der Waals surface area contributed by atoms with Crippen LogP contribution in [0.2, 0.25) is 0 Å². The Hall–Kier alpha value is -2.03. The second-order valence-corrected chi connectivity index (χ2v) is 8.35. The van der Waals surface area contributed by atoms with E-state index in [1.54, 1.807) is 6.92 Å². The lowest BCUT2D eigenvalue weighted by Gasteiger charge is -2.14. The van der Waals surface area contributed by atoms with Crippen LogP contribution in [0.3, 0.4) is 0 Å². The van der Waals surface area contributed by atoms with Crippen LogP contribution in [0.5, 0.6) is 0 Å². The van der Waals surface area contributed by atoms with Crippen LogP contribution in [0.25, 0.3) is 0 Å². The minimum Gasteiger partial charge on any atom is -0.325 e. The first-order valence-corrected chi connectivity index (χ1v) is 9.80. The summed E-state index contributed by atoms with van der Waals surface area (Å²) in [5, 5.41) is 11.3. The average Bonchev–Trinajstić information content (AvgIpc) is 3.53. The van der Waals surface area contributed by atoms with E-state index in [4.69, 9.17) is 0 Å². The van der Waals surface area contributed by atoms with Gasteiger partial charge in [-0.15, -0.1) is 10.2 Å². The van der Waals surface area contributed by atoms with Crippen LogP contribution in [-0.4, -0.2) is 25.9 Å². The van der Waals surface area contributed by atoms with Gasteiger partial charge >= 0.3 is 6.18 Å². The number of aromatic nitrogens is 3. The second kappa shape index (κ2) is 6.85. The monoisotopic (exact) mass is 396 g/mol. The fourth-order valence-corrected chi connectivity index (χ4v) is 3.82. The molecule has 2 saturated carbocycles. The molecule has 1 aromatic carbocycles. The number of nitrogens with zero attached hydrogens (tertiary/aromatic N) is 3. The number of thioether (sulfide) groups is 1. The van der Waals surface area contributed by atoms with Crippen molar-refractivity contribution < 1.29 is 18.0 Å². The largest absolute Gasteiger partial charge is 0.416 e. The van der Waals surface area contributed by atoms with Crippen LogP contribution in [0.15, 0.2) is 29.4 Å². The van der Waals surface area contributed by atoms with Gasteiger partial charge in [0.15, 0.2) is 5.16 Å². The van der Waals surface area contributed by atoms with Crippen molar-refractivity contribution in [1.82, 2.24) is 14.8 Å². The fraction of sp³-hybridized carbons (Fsp3) is 0.500. The molecule has 0 bridgehead atoms. The maximum absolute atomic E-state index is 12.8. The Balaban J connectivity index is 1.45. The lowest BCUT2D eigenvalue weighted by atomic mass is 10.2. The van der Waals surface area contributed by atoms with Gasteiger partial charge in [0.1, 0.15) is 5.82 Å². The molecular weight excluding hydrogens is 377 g/mol. The van der Waals surface area contributed by atoms with Gasteiger partial charge in [-0.2, -0.15) is 13.2 Å². The van der Waals surface area contributed by atoms with E-state index in [2.05, 4.69) is 20.1 Å². The van der Waals surface area contributed by atoms with Gasteiger partial charge in [-0.25, -0.2) is 0 Å². The van der Waals surface area contributed by atoms with Crippen molar-refractivity contribution in [2.24, 2.45) is 0 Å². The van der Waals surface area contributed by atoms with Gasteiger partial charge in [-0.3, -0.25) is 4.79 Å². The Morgan fingerprint density at radius 3 is 2.63 bits per heavy atom. The Labute approximate surface area is 158 Å². The third-order valence-corrected chi connectivity index (χ3v) is 5.71. The lowest BCUT2D eigenvalue weighted by molar-refractivity contribution is -0.137. The minimum atomic E-state index is -4.44. The van der Waals surface area contributed by atoms with Crippen molar-refractivity contribution in [3.63, 3.8) is 0 Å². The molecule has 1 heterocycles. The van der Waals surface area contributed by atoms with Crippen LogP contribution in [-0.2, 0) is 11.0 Å². The van der Waals surface area contributed by atoms with Gasteiger partial charge in [-0.05, 0) is 50.8 Å². The summed E-state index contributed by atoms with van der Waals surface area (Å²) in [6.45, 7) is 1.72. The summed E-state index contributed by atoms with van der Waals surface area (Å²) in [5.41, 5.74) is -0.659. The molecule has 4 rings (SSSR count). The predicted molar refractivity (Wildman–Crippen MR) is 95.7 cm³/mol. The highest BCUT2D eigenvalue weighted by atomic mass is 32.2. The number of amides is 1. The number of rotatable bonds is 6. The predicted octanol–water partition coefficient (Wildman–Crippen LogP) is 4.63. The van der Waals surface area contributed by atoms with Crippen molar-refractivity contribution >= 4 is 23.4 Å². The van der Waals surface area contributed by atoms with Crippen LogP contribution < -0.4 is 5.32 Å². The van der Waals surface area contributed by atoms with Crippen molar-refractivity contribution in [1.29, 1.82) is 0 Å². The smallest absolute Gasteiger partial charge is 0.325 e. The van der Waals surface area contributed by atoms with E-state index in [-0.39, 0.29) is 11.6 Å². The number of benzene rings is 1. The Morgan fingerprint density at radius 2 is 2.00 bits per heavy atom. The molecule has 144 valence electrons. The lowest BCUT2D eigenvalue weighted by Crippen LogP contribution is -2.23. The molecule has 27 heavy (non-hydrogen) atoms. The van der Waals surface area contributed by atoms with Crippen LogP contribution in [0.1, 0.15) is 56.0 Å². The van der Waals surface area contributed by atoms with Crippen molar-refractivity contribution in [3.05, 3.63) is 35.7 Å². The van der Waals surface area contributed by atoms with Crippen LogP contribution >= 0.6 is 11.8 Å². The van der Waals surface area contributed by atoms with E-state index < -0.39 is 17.0 Å². The average molecular weight is 396 g/mol. The highest BCUT2D eigenvalue weighted by Crippen LogP contribution is 2.46. The highest BCUT2D eigenvalue weighted by molar-refractivity contribution is 8.00. The molecule has 0 spiro atoms. The molecule has 0 aliphatic heterocycles. The molecule has 0 saturated heterocycles. The van der Waals surface area contributed by atoms with E-state index in [0.29, 0.717) is 17.1 Å². The summed E-state index contributed by atoms with van der Waals surface area (Å²) in [6, 6.07) is 5.06. The van der Waals surface area contributed by atoms with Gasteiger partial charge in [0.25, 0.3) is 0 Å². The second-order valence-electron chi connectivity index (χ2n) is 7.04. The molecule has 2 fully saturated rings. The standard InChI is InChI=1S/C18H19F3N4OS/c1-10(16(26)22-13-4-2-3-12(9-13)18(19,20)21)27-17-24-23-15(11-5-6-11)25(17)14-7-8-14/h2-4,9-11,14H,5-8H2,1H3,(H,22,26)/t10-/m1/s1. The minimum absolute atomic E-state index is 0.129. The maximum Gasteiger partial charge on any atom is 0.416 e. The molecule has 1 N–H and O–H groups in total. The Bertz CT molecular complexity index is 859. The first kappa shape index (κ1) is 18.3. The van der Waals surface area contributed by atoms with Gasteiger partial charge < -0.3 is 9.88 Å². The van der Waals surface area contributed by atoms with Crippen molar-refractivity contribution in [2.45, 2.75) is 61.1 Å². The molecule has 9 heteroatoms. The molecule has 5 nitrogen and oxygen atoms in total. The van der Waals surface area contributed by atoms with E-state index in [9.17, 15) is 18.0 Å². The number of hydrogen-bond acceptors (Lipinski definition) is 4. The number of carbonyl (C=O) groups is 1. The first-order chi connectivity index (χ1) is 12.8. The third kappa shape index (κ3) is 4.12.